The molecule has 17 heavy (non-hydrogen) atoms. The van der Waals surface area contributed by atoms with Gasteiger partial charge in [-0.15, -0.1) is 0 Å². The Hall–Kier alpha value is -0.100. The number of hydrogen-bond donors (Lipinski definition) is 0. The van der Waals surface area contributed by atoms with Gasteiger partial charge in [0.05, 0.1) is 4.90 Å². The monoisotopic (exact) mass is 337 g/mol. The zero-order chi connectivity index (χ0) is 12.5. The highest BCUT2D eigenvalue weighted by Gasteiger charge is 2.29. The number of halogens is 2. The van der Waals surface area contributed by atoms with Gasteiger partial charge in [0.25, 0.3) is 0 Å². The molecule has 0 aliphatic carbocycles. The van der Waals surface area contributed by atoms with E-state index >= 15 is 0 Å². The van der Waals surface area contributed by atoms with Crippen LogP contribution in [0.4, 0.5) is 0 Å². The van der Waals surface area contributed by atoms with Gasteiger partial charge >= 0.3 is 0 Å². The third-order valence-electron chi connectivity index (χ3n) is 2.76. The lowest BCUT2D eigenvalue weighted by atomic mass is 10.2. The lowest BCUT2D eigenvalue weighted by Crippen LogP contribution is -2.40. The largest absolute Gasteiger partial charge is 0.243 e. The average Bonchev–Trinajstić information content (AvgIpc) is 2.29. The maximum absolute atomic E-state index is 12.3. The second kappa shape index (κ2) is 5.26. The Kier molecular flexibility index (Phi) is 4.13. The summed E-state index contributed by atoms with van der Waals surface area (Å²) in [5, 5.41) is 0.443. The van der Waals surface area contributed by atoms with Crippen LogP contribution in [0.1, 0.15) is 12.8 Å². The van der Waals surface area contributed by atoms with Crippen molar-refractivity contribution >= 4 is 37.6 Å². The molecule has 1 unspecified atom stereocenters. The summed E-state index contributed by atoms with van der Waals surface area (Å²) in [4.78, 5) is 0.511. The molecule has 6 heteroatoms. The number of nitrogens with zero attached hydrogens (tertiary/aromatic N) is 1. The minimum atomic E-state index is -3.40. The molecule has 1 aliphatic rings. The lowest BCUT2D eigenvalue weighted by molar-refractivity contribution is 0.356. The first-order chi connectivity index (χ1) is 8.00. The molecule has 1 aliphatic heterocycles. The highest BCUT2D eigenvalue weighted by molar-refractivity contribution is 9.09. The van der Waals surface area contributed by atoms with Crippen molar-refractivity contribution in [3.05, 3.63) is 29.3 Å². The molecule has 1 aromatic rings. The maximum Gasteiger partial charge on any atom is 0.243 e. The molecule has 2 rings (SSSR count). The number of alkyl halides is 1. The SMILES string of the molecule is O=S(=O)(c1cccc(Cl)c1)N1CCCC(Br)C1. The van der Waals surface area contributed by atoms with Gasteiger partial charge in [-0.1, -0.05) is 33.6 Å². The molecule has 1 aromatic carbocycles. The van der Waals surface area contributed by atoms with Gasteiger partial charge in [0.1, 0.15) is 0 Å². The van der Waals surface area contributed by atoms with Crippen molar-refractivity contribution in [2.75, 3.05) is 13.1 Å². The molecule has 0 aromatic heterocycles. The van der Waals surface area contributed by atoms with Crippen molar-refractivity contribution in [3.8, 4) is 0 Å². The zero-order valence-corrected chi connectivity index (χ0v) is 12.3. The first kappa shape index (κ1) is 13.3. The van der Waals surface area contributed by atoms with Crippen LogP contribution < -0.4 is 0 Å². The highest BCUT2D eigenvalue weighted by atomic mass is 79.9. The number of hydrogen-bond acceptors (Lipinski definition) is 2. The van der Waals surface area contributed by atoms with E-state index in [1.54, 1.807) is 18.2 Å². The number of sulfonamides is 1. The predicted molar refractivity (Wildman–Crippen MR) is 72.2 cm³/mol. The Morgan fingerprint density at radius 2 is 2.18 bits per heavy atom. The smallest absolute Gasteiger partial charge is 0.207 e. The number of rotatable bonds is 2. The molecule has 94 valence electrons. The fourth-order valence-electron chi connectivity index (χ4n) is 1.89. The van der Waals surface area contributed by atoms with Crippen LogP contribution in [0, 0.1) is 0 Å². The third-order valence-corrected chi connectivity index (χ3v) is 5.60. The Morgan fingerprint density at radius 1 is 1.41 bits per heavy atom. The fraction of sp³-hybridized carbons (Fsp3) is 0.455. The molecular formula is C11H13BrClNO2S. The fourth-order valence-corrected chi connectivity index (χ4v) is 4.58. The second-order valence-corrected chi connectivity index (χ2v) is 7.73. The van der Waals surface area contributed by atoms with E-state index in [0.717, 1.165) is 12.8 Å². The van der Waals surface area contributed by atoms with E-state index in [4.69, 9.17) is 11.6 Å². The van der Waals surface area contributed by atoms with Gasteiger partial charge in [-0.05, 0) is 31.0 Å². The van der Waals surface area contributed by atoms with Gasteiger partial charge in [0, 0.05) is 22.9 Å². The van der Waals surface area contributed by atoms with Crippen molar-refractivity contribution < 1.29 is 8.42 Å². The molecule has 0 amide bonds. The van der Waals surface area contributed by atoms with Gasteiger partial charge < -0.3 is 0 Å². The molecule has 0 radical (unpaired) electrons. The van der Waals surface area contributed by atoms with Crippen molar-refractivity contribution in [2.24, 2.45) is 0 Å². The minimum absolute atomic E-state index is 0.241. The maximum atomic E-state index is 12.3. The average molecular weight is 339 g/mol. The van der Waals surface area contributed by atoms with Crippen LogP contribution in [0.5, 0.6) is 0 Å². The Labute approximate surface area is 115 Å². The van der Waals surface area contributed by atoms with Gasteiger partial charge in [0.2, 0.25) is 10.0 Å². The van der Waals surface area contributed by atoms with Gasteiger partial charge in [0.15, 0.2) is 0 Å². The van der Waals surface area contributed by atoms with Crippen LogP contribution in [-0.2, 0) is 10.0 Å². The lowest BCUT2D eigenvalue weighted by Gasteiger charge is -2.29. The standard InChI is InChI=1S/C11H13BrClNO2S/c12-9-3-2-6-14(8-9)17(15,16)11-5-1-4-10(13)7-11/h1,4-5,7,9H,2-3,6,8H2. The van der Waals surface area contributed by atoms with Crippen LogP contribution in [0.3, 0.4) is 0 Å². The number of piperidine rings is 1. The molecule has 0 saturated carbocycles. The van der Waals surface area contributed by atoms with E-state index in [0.29, 0.717) is 18.1 Å². The predicted octanol–water partition coefficient (Wildman–Crippen LogP) is 2.89. The summed E-state index contributed by atoms with van der Waals surface area (Å²) < 4.78 is 26.2. The van der Waals surface area contributed by atoms with Crippen molar-refractivity contribution in [3.63, 3.8) is 0 Å². The summed E-state index contributed by atoms with van der Waals surface area (Å²) in [6.45, 7) is 1.10. The van der Waals surface area contributed by atoms with E-state index in [-0.39, 0.29) is 9.72 Å². The molecule has 0 N–H and O–H groups in total. The summed E-state index contributed by atoms with van der Waals surface area (Å²) in [5.41, 5.74) is 0. The first-order valence-corrected chi connectivity index (χ1v) is 8.13. The molecular weight excluding hydrogens is 326 g/mol. The number of benzene rings is 1. The van der Waals surface area contributed by atoms with Crippen LogP contribution in [0.25, 0.3) is 0 Å². The van der Waals surface area contributed by atoms with Gasteiger partial charge in [-0.25, -0.2) is 8.42 Å². The molecule has 1 heterocycles. The summed E-state index contributed by atoms with van der Waals surface area (Å²) in [7, 11) is -3.40. The Bertz CT molecular complexity index is 506. The molecule has 1 saturated heterocycles. The molecule has 0 spiro atoms. The minimum Gasteiger partial charge on any atom is -0.207 e. The normalized spacial score (nSPS) is 22.6. The second-order valence-electron chi connectivity index (χ2n) is 4.06. The summed E-state index contributed by atoms with van der Waals surface area (Å²) in [6.07, 6.45) is 1.90. The Morgan fingerprint density at radius 3 is 2.82 bits per heavy atom. The van der Waals surface area contributed by atoms with Crippen molar-refractivity contribution in [1.29, 1.82) is 0 Å². The summed E-state index contributed by atoms with van der Waals surface area (Å²) >= 11 is 9.30. The highest BCUT2D eigenvalue weighted by Crippen LogP contribution is 2.25. The van der Waals surface area contributed by atoms with E-state index in [1.165, 1.54) is 10.4 Å². The molecule has 1 atom stereocenters. The van der Waals surface area contributed by atoms with Crippen LogP contribution >= 0.6 is 27.5 Å². The van der Waals surface area contributed by atoms with Crippen LogP contribution in [-0.4, -0.2) is 30.6 Å². The molecule has 1 fully saturated rings. The van der Waals surface area contributed by atoms with Gasteiger partial charge in [-0.2, -0.15) is 4.31 Å². The third kappa shape index (κ3) is 3.02. The molecule has 0 bridgehead atoms. The first-order valence-electron chi connectivity index (χ1n) is 5.40. The van der Waals surface area contributed by atoms with E-state index in [9.17, 15) is 8.42 Å². The van der Waals surface area contributed by atoms with Crippen LogP contribution in [0.15, 0.2) is 29.2 Å². The topological polar surface area (TPSA) is 37.4 Å². The molecule has 3 nitrogen and oxygen atoms in total. The van der Waals surface area contributed by atoms with Crippen molar-refractivity contribution in [2.45, 2.75) is 22.6 Å². The van der Waals surface area contributed by atoms with Gasteiger partial charge in [-0.3, -0.25) is 0 Å². The quantitative estimate of drug-likeness (QED) is 0.778. The summed E-state index contributed by atoms with van der Waals surface area (Å²) in [6, 6.07) is 6.41. The summed E-state index contributed by atoms with van der Waals surface area (Å²) in [5.74, 6) is 0. The Balaban J connectivity index is 2.29. The van der Waals surface area contributed by atoms with E-state index in [2.05, 4.69) is 15.9 Å². The van der Waals surface area contributed by atoms with E-state index in [1.807, 2.05) is 0 Å². The van der Waals surface area contributed by atoms with E-state index < -0.39 is 10.0 Å². The van der Waals surface area contributed by atoms with Crippen molar-refractivity contribution in [1.82, 2.24) is 4.31 Å². The van der Waals surface area contributed by atoms with Crippen LogP contribution in [0.2, 0.25) is 5.02 Å². The zero-order valence-electron chi connectivity index (χ0n) is 9.14.